The van der Waals surface area contributed by atoms with Crippen molar-refractivity contribution in [2.24, 2.45) is 5.10 Å². The summed E-state index contributed by atoms with van der Waals surface area (Å²) in [6, 6.07) is 0. The van der Waals surface area contributed by atoms with Gasteiger partial charge < -0.3 is 4.90 Å². The summed E-state index contributed by atoms with van der Waals surface area (Å²) in [4.78, 5) is 24.2. The Balaban J connectivity index is 2.49. The van der Waals surface area contributed by atoms with E-state index in [9.17, 15) is 9.59 Å². The number of thioether (sulfide) groups is 1. The van der Waals surface area contributed by atoms with E-state index in [2.05, 4.69) is 10.5 Å². The van der Waals surface area contributed by atoms with Crippen molar-refractivity contribution < 1.29 is 9.59 Å². The SMILES string of the molecule is CSCCN(C)C(=O)C1=NNC(=O)CC1. The van der Waals surface area contributed by atoms with Gasteiger partial charge in [-0.05, 0) is 6.26 Å². The molecular weight excluding hydrogens is 214 g/mol. The summed E-state index contributed by atoms with van der Waals surface area (Å²) >= 11 is 1.69. The van der Waals surface area contributed by atoms with Crippen LogP contribution in [0.5, 0.6) is 0 Å². The number of rotatable bonds is 4. The number of carbonyl (C=O) groups excluding carboxylic acids is 2. The third kappa shape index (κ3) is 3.54. The quantitative estimate of drug-likeness (QED) is 0.742. The lowest BCUT2D eigenvalue weighted by Gasteiger charge is -2.19. The molecule has 0 saturated heterocycles. The smallest absolute Gasteiger partial charge is 0.269 e. The molecule has 1 rings (SSSR count). The predicted octanol–water partition coefficient (Wildman–Crippen LogP) is 0.0738. The fraction of sp³-hybridized carbons (Fsp3) is 0.667. The van der Waals surface area contributed by atoms with Crippen LogP contribution in [0.3, 0.4) is 0 Å². The van der Waals surface area contributed by atoms with Gasteiger partial charge in [-0.2, -0.15) is 16.9 Å². The molecule has 0 bridgehead atoms. The molecule has 5 nitrogen and oxygen atoms in total. The highest BCUT2D eigenvalue weighted by molar-refractivity contribution is 7.98. The van der Waals surface area contributed by atoms with Crippen molar-refractivity contribution in [1.82, 2.24) is 10.3 Å². The van der Waals surface area contributed by atoms with Crippen LogP contribution in [0.1, 0.15) is 12.8 Å². The van der Waals surface area contributed by atoms with E-state index in [0.717, 1.165) is 5.75 Å². The van der Waals surface area contributed by atoms with Crippen molar-refractivity contribution in [1.29, 1.82) is 0 Å². The fourth-order valence-electron chi connectivity index (χ4n) is 1.18. The van der Waals surface area contributed by atoms with Gasteiger partial charge in [-0.3, -0.25) is 9.59 Å². The van der Waals surface area contributed by atoms with E-state index in [1.807, 2.05) is 6.26 Å². The average Bonchev–Trinajstić information content (AvgIpc) is 2.26. The molecule has 15 heavy (non-hydrogen) atoms. The summed E-state index contributed by atoms with van der Waals surface area (Å²) in [7, 11) is 1.75. The lowest BCUT2D eigenvalue weighted by molar-refractivity contribution is -0.123. The van der Waals surface area contributed by atoms with Crippen LogP contribution >= 0.6 is 11.8 Å². The molecule has 0 aromatic heterocycles. The van der Waals surface area contributed by atoms with Gasteiger partial charge in [-0.1, -0.05) is 0 Å². The van der Waals surface area contributed by atoms with Gasteiger partial charge in [0, 0.05) is 32.2 Å². The molecule has 0 aromatic carbocycles. The molecule has 1 aliphatic rings. The molecule has 0 unspecified atom stereocenters. The largest absolute Gasteiger partial charge is 0.340 e. The van der Waals surface area contributed by atoms with Crippen molar-refractivity contribution in [2.45, 2.75) is 12.8 Å². The highest BCUT2D eigenvalue weighted by atomic mass is 32.2. The highest BCUT2D eigenvalue weighted by Gasteiger charge is 2.20. The Bertz CT molecular complexity index is 291. The maximum absolute atomic E-state index is 11.7. The van der Waals surface area contributed by atoms with E-state index in [0.29, 0.717) is 25.1 Å². The van der Waals surface area contributed by atoms with E-state index in [1.165, 1.54) is 0 Å². The number of nitrogens with zero attached hydrogens (tertiary/aromatic N) is 2. The summed E-state index contributed by atoms with van der Waals surface area (Å²) < 4.78 is 0. The first-order chi connectivity index (χ1) is 7.15. The molecule has 84 valence electrons. The minimum absolute atomic E-state index is 0.0935. The summed E-state index contributed by atoms with van der Waals surface area (Å²) in [6.45, 7) is 0.701. The average molecular weight is 229 g/mol. The number of nitrogens with one attached hydrogen (secondary N) is 1. The normalized spacial score (nSPS) is 15.6. The highest BCUT2D eigenvalue weighted by Crippen LogP contribution is 2.03. The minimum Gasteiger partial charge on any atom is -0.340 e. The maximum Gasteiger partial charge on any atom is 0.269 e. The second-order valence-electron chi connectivity index (χ2n) is 3.31. The number of hydrogen-bond acceptors (Lipinski definition) is 4. The van der Waals surface area contributed by atoms with E-state index >= 15 is 0 Å². The van der Waals surface area contributed by atoms with Crippen LogP contribution in [-0.4, -0.2) is 48.0 Å². The van der Waals surface area contributed by atoms with Gasteiger partial charge >= 0.3 is 0 Å². The molecule has 0 aromatic rings. The van der Waals surface area contributed by atoms with Crippen molar-refractivity contribution in [3.63, 3.8) is 0 Å². The van der Waals surface area contributed by atoms with Gasteiger partial charge in [0.05, 0.1) is 0 Å². The van der Waals surface area contributed by atoms with Gasteiger partial charge in [0.15, 0.2) is 0 Å². The number of carbonyl (C=O) groups is 2. The molecule has 6 heteroatoms. The van der Waals surface area contributed by atoms with Crippen molar-refractivity contribution >= 4 is 29.3 Å². The van der Waals surface area contributed by atoms with Crippen molar-refractivity contribution in [3.05, 3.63) is 0 Å². The fourth-order valence-corrected chi connectivity index (χ4v) is 1.63. The summed E-state index contributed by atoms with van der Waals surface area (Å²) in [5.74, 6) is 0.685. The standard InChI is InChI=1S/C9H15N3O2S/c1-12(5-6-15-2)9(14)7-3-4-8(13)11-10-7/h3-6H2,1-2H3,(H,11,13). The van der Waals surface area contributed by atoms with Crippen LogP contribution in [0.25, 0.3) is 0 Å². The van der Waals surface area contributed by atoms with Gasteiger partial charge in [-0.15, -0.1) is 0 Å². The van der Waals surface area contributed by atoms with Gasteiger partial charge in [0.25, 0.3) is 5.91 Å². The molecule has 0 atom stereocenters. The van der Waals surface area contributed by atoms with Crippen LogP contribution in [0.15, 0.2) is 5.10 Å². The van der Waals surface area contributed by atoms with E-state index in [1.54, 1.807) is 23.7 Å². The molecule has 0 spiro atoms. The second-order valence-corrected chi connectivity index (χ2v) is 4.30. The third-order valence-corrected chi connectivity index (χ3v) is 2.72. The lowest BCUT2D eigenvalue weighted by Crippen LogP contribution is -2.39. The third-order valence-electron chi connectivity index (χ3n) is 2.13. The summed E-state index contributed by atoms with van der Waals surface area (Å²) in [6.07, 6.45) is 2.78. The molecule has 0 fully saturated rings. The van der Waals surface area contributed by atoms with Crippen molar-refractivity contribution in [3.8, 4) is 0 Å². The van der Waals surface area contributed by atoms with Crippen LogP contribution in [0.4, 0.5) is 0 Å². The van der Waals surface area contributed by atoms with Gasteiger partial charge in [-0.25, -0.2) is 5.43 Å². The monoisotopic (exact) mass is 229 g/mol. The second kappa shape index (κ2) is 5.75. The number of hydrogen-bond donors (Lipinski definition) is 1. The van der Waals surface area contributed by atoms with Crippen LogP contribution in [-0.2, 0) is 9.59 Å². The number of amides is 2. The summed E-state index contributed by atoms with van der Waals surface area (Å²) in [5, 5.41) is 3.76. The molecular formula is C9H15N3O2S. The molecule has 1 heterocycles. The molecule has 2 amide bonds. The molecule has 0 saturated carbocycles. The Morgan fingerprint density at radius 1 is 1.60 bits per heavy atom. The minimum atomic E-state index is -0.127. The van der Waals surface area contributed by atoms with Crippen LogP contribution in [0.2, 0.25) is 0 Å². The Morgan fingerprint density at radius 2 is 2.33 bits per heavy atom. The Kier molecular flexibility index (Phi) is 4.61. The van der Waals surface area contributed by atoms with E-state index < -0.39 is 0 Å². The zero-order chi connectivity index (χ0) is 11.3. The lowest BCUT2D eigenvalue weighted by atomic mass is 10.1. The Labute approximate surface area is 93.3 Å². The topological polar surface area (TPSA) is 61.8 Å². The van der Waals surface area contributed by atoms with Gasteiger partial charge in [0.1, 0.15) is 5.71 Å². The van der Waals surface area contributed by atoms with E-state index in [4.69, 9.17) is 0 Å². The Morgan fingerprint density at radius 3 is 2.87 bits per heavy atom. The number of hydrazone groups is 1. The van der Waals surface area contributed by atoms with Crippen LogP contribution < -0.4 is 5.43 Å². The first-order valence-electron chi connectivity index (χ1n) is 4.75. The first-order valence-corrected chi connectivity index (χ1v) is 6.14. The molecule has 1 aliphatic heterocycles. The van der Waals surface area contributed by atoms with Crippen LogP contribution in [0, 0.1) is 0 Å². The zero-order valence-electron chi connectivity index (χ0n) is 8.95. The zero-order valence-corrected chi connectivity index (χ0v) is 9.76. The molecule has 0 radical (unpaired) electrons. The summed E-state index contributed by atoms with van der Waals surface area (Å²) in [5.41, 5.74) is 2.76. The maximum atomic E-state index is 11.7. The Hall–Kier alpha value is -1.04. The predicted molar refractivity (Wildman–Crippen MR) is 60.8 cm³/mol. The first kappa shape index (κ1) is 12.0. The van der Waals surface area contributed by atoms with Gasteiger partial charge in [0.2, 0.25) is 5.91 Å². The van der Waals surface area contributed by atoms with Crippen molar-refractivity contribution in [2.75, 3.05) is 25.6 Å². The van der Waals surface area contributed by atoms with E-state index in [-0.39, 0.29) is 11.8 Å². The molecule has 0 aliphatic carbocycles. The molecule has 1 N–H and O–H groups in total.